The summed E-state index contributed by atoms with van der Waals surface area (Å²) < 4.78 is 28.5. The summed E-state index contributed by atoms with van der Waals surface area (Å²) in [4.78, 5) is 27.4. The highest BCUT2D eigenvalue weighted by molar-refractivity contribution is 7.62. The van der Waals surface area contributed by atoms with E-state index in [1.54, 1.807) is 34.6 Å². The minimum atomic E-state index is -3.52. The molecule has 10 heteroatoms. The number of carboxylic acids is 1. The summed E-state index contributed by atoms with van der Waals surface area (Å²) >= 11 is 0. The standard InChI is InChI=1S/C17H27N2O7P/c1-6-24-27(23,25-7-2)13-8-9-18-12(10-13)11-14(15(20)21)19-16(22)26-17(3,4)5/h8-10,14H,6-7,11H2,1-5H3,(H,19,22)(H,20,21)/t14-/m0/s1. The van der Waals surface area contributed by atoms with E-state index in [0.29, 0.717) is 5.69 Å². The number of alkyl carbamates (subject to hydrolysis) is 1. The summed E-state index contributed by atoms with van der Waals surface area (Å²) in [6.07, 6.45) is 0.419. The summed E-state index contributed by atoms with van der Waals surface area (Å²) in [6.45, 7) is 8.78. The van der Waals surface area contributed by atoms with E-state index in [2.05, 4.69) is 10.3 Å². The average Bonchev–Trinajstić information content (AvgIpc) is 2.53. The molecule has 0 aliphatic rings. The number of nitrogens with one attached hydrogen (secondary N) is 1. The molecule has 0 saturated carbocycles. The van der Waals surface area contributed by atoms with Crippen LogP contribution in [-0.4, -0.2) is 47.0 Å². The van der Waals surface area contributed by atoms with E-state index in [9.17, 15) is 19.3 Å². The van der Waals surface area contributed by atoms with Crippen LogP contribution in [0.25, 0.3) is 0 Å². The second kappa shape index (κ2) is 9.82. The van der Waals surface area contributed by atoms with Crippen LogP contribution in [0.15, 0.2) is 18.3 Å². The molecular formula is C17H27N2O7P. The smallest absolute Gasteiger partial charge is 0.408 e. The third-order valence-corrected chi connectivity index (χ3v) is 5.22. The Morgan fingerprint density at radius 2 is 1.85 bits per heavy atom. The van der Waals surface area contributed by atoms with Crippen molar-refractivity contribution in [2.24, 2.45) is 0 Å². The molecule has 0 aliphatic heterocycles. The zero-order valence-electron chi connectivity index (χ0n) is 16.2. The fraction of sp³-hybridized carbons (Fsp3) is 0.588. The lowest BCUT2D eigenvalue weighted by Crippen LogP contribution is -2.44. The van der Waals surface area contributed by atoms with Gasteiger partial charge < -0.3 is 24.2 Å². The van der Waals surface area contributed by atoms with Crippen LogP contribution in [0.1, 0.15) is 40.3 Å². The van der Waals surface area contributed by atoms with Gasteiger partial charge in [0.2, 0.25) is 0 Å². The minimum absolute atomic E-state index is 0.124. The topological polar surface area (TPSA) is 124 Å². The van der Waals surface area contributed by atoms with E-state index in [-0.39, 0.29) is 24.9 Å². The van der Waals surface area contributed by atoms with Crippen molar-refractivity contribution in [2.45, 2.75) is 52.7 Å². The molecule has 1 amide bonds. The molecule has 1 atom stereocenters. The van der Waals surface area contributed by atoms with Crippen LogP contribution in [-0.2, 0) is 29.6 Å². The molecule has 0 bridgehead atoms. The van der Waals surface area contributed by atoms with Gasteiger partial charge in [0.15, 0.2) is 0 Å². The highest BCUT2D eigenvalue weighted by atomic mass is 31.2. The molecule has 0 fully saturated rings. The average molecular weight is 402 g/mol. The second-order valence-electron chi connectivity index (χ2n) is 6.58. The van der Waals surface area contributed by atoms with E-state index in [0.717, 1.165) is 0 Å². The predicted octanol–water partition coefficient (Wildman–Crippen LogP) is 2.49. The Morgan fingerprint density at radius 3 is 2.33 bits per heavy atom. The first-order valence-electron chi connectivity index (χ1n) is 8.57. The van der Waals surface area contributed by atoms with Crippen molar-refractivity contribution in [3.63, 3.8) is 0 Å². The van der Waals surface area contributed by atoms with E-state index >= 15 is 0 Å². The molecule has 1 rings (SSSR count). The van der Waals surface area contributed by atoms with Crippen molar-refractivity contribution in [2.75, 3.05) is 13.2 Å². The van der Waals surface area contributed by atoms with Crippen molar-refractivity contribution < 1.29 is 33.0 Å². The SMILES string of the molecule is CCOP(=O)(OCC)c1ccnc(C[C@H](NC(=O)OC(C)(C)C)C(=O)O)c1. The number of pyridine rings is 1. The van der Waals surface area contributed by atoms with Gasteiger partial charge >= 0.3 is 19.7 Å². The highest BCUT2D eigenvalue weighted by Crippen LogP contribution is 2.46. The Hall–Kier alpha value is -1.96. The van der Waals surface area contributed by atoms with Crippen LogP contribution in [0.5, 0.6) is 0 Å². The van der Waals surface area contributed by atoms with Crippen LogP contribution in [0.4, 0.5) is 4.79 Å². The lowest BCUT2D eigenvalue weighted by atomic mass is 10.1. The third-order valence-electron chi connectivity index (χ3n) is 3.12. The number of hydrogen-bond acceptors (Lipinski definition) is 7. The van der Waals surface area contributed by atoms with Gasteiger partial charge in [-0.1, -0.05) is 0 Å². The molecule has 152 valence electrons. The quantitative estimate of drug-likeness (QED) is 0.604. The van der Waals surface area contributed by atoms with Gasteiger partial charge in [0.1, 0.15) is 11.6 Å². The van der Waals surface area contributed by atoms with Crippen molar-refractivity contribution >= 4 is 25.0 Å². The number of carboxylic acid groups (broad SMARTS) is 1. The Morgan fingerprint density at radius 1 is 1.26 bits per heavy atom. The Balaban J connectivity index is 2.99. The second-order valence-corrected chi connectivity index (χ2v) is 8.61. The van der Waals surface area contributed by atoms with Gasteiger partial charge in [0.05, 0.1) is 18.5 Å². The summed E-state index contributed by atoms with van der Waals surface area (Å²) in [7, 11) is -3.52. The first-order valence-corrected chi connectivity index (χ1v) is 10.1. The fourth-order valence-corrected chi connectivity index (χ4v) is 3.74. The van der Waals surface area contributed by atoms with Crippen LogP contribution < -0.4 is 10.6 Å². The molecule has 27 heavy (non-hydrogen) atoms. The lowest BCUT2D eigenvalue weighted by molar-refractivity contribution is -0.139. The number of aromatic nitrogens is 1. The maximum atomic E-state index is 12.8. The lowest BCUT2D eigenvalue weighted by Gasteiger charge is -2.22. The first-order chi connectivity index (χ1) is 12.5. The third kappa shape index (κ3) is 7.66. The molecule has 0 aromatic carbocycles. The summed E-state index contributed by atoms with van der Waals surface area (Å²) in [5, 5.41) is 12.0. The van der Waals surface area contributed by atoms with Crippen LogP contribution in [0.2, 0.25) is 0 Å². The van der Waals surface area contributed by atoms with Gasteiger partial charge in [0, 0.05) is 18.3 Å². The van der Waals surface area contributed by atoms with Crippen molar-refractivity contribution in [1.29, 1.82) is 0 Å². The molecular weight excluding hydrogens is 375 g/mol. The van der Waals surface area contributed by atoms with Crippen LogP contribution >= 0.6 is 7.60 Å². The molecule has 1 aromatic rings. The Bertz CT molecular complexity index is 693. The van der Waals surface area contributed by atoms with E-state index in [4.69, 9.17) is 13.8 Å². The van der Waals surface area contributed by atoms with Crippen LogP contribution in [0.3, 0.4) is 0 Å². The van der Waals surface area contributed by atoms with Gasteiger partial charge in [-0.05, 0) is 46.8 Å². The molecule has 0 saturated heterocycles. The normalized spacial score (nSPS) is 13.1. The summed E-state index contributed by atoms with van der Waals surface area (Å²) in [6, 6.07) is 1.69. The van der Waals surface area contributed by atoms with Gasteiger partial charge in [-0.25, -0.2) is 9.59 Å². The summed E-state index contributed by atoms with van der Waals surface area (Å²) in [5.74, 6) is -1.24. The maximum Gasteiger partial charge on any atom is 0.408 e. The van der Waals surface area contributed by atoms with Gasteiger partial charge in [-0.15, -0.1) is 0 Å². The monoisotopic (exact) mass is 402 g/mol. The molecule has 0 aliphatic carbocycles. The zero-order valence-corrected chi connectivity index (χ0v) is 17.1. The molecule has 0 spiro atoms. The molecule has 1 heterocycles. The van der Waals surface area contributed by atoms with Crippen molar-refractivity contribution in [1.82, 2.24) is 10.3 Å². The number of hydrogen-bond donors (Lipinski definition) is 2. The predicted molar refractivity (Wildman–Crippen MR) is 99.2 cm³/mol. The van der Waals surface area contributed by atoms with Gasteiger partial charge in [0.25, 0.3) is 0 Å². The number of carbonyl (C=O) groups excluding carboxylic acids is 1. The van der Waals surface area contributed by atoms with Gasteiger partial charge in [-0.2, -0.15) is 0 Å². The molecule has 0 unspecified atom stereocenters. The zero-order chi connectivity index (χ0) is 20.7. The Kier molecular flexibility index (Phi) is 8.40. The molecule has 1 aromatic heterocycles. The molecule has 0 radical (unpaired) electrons. The molecule has 2 N–H and O–H groups in total. The van der Waals surface area contributed by atoms with E-state index in [1.807, 2.05) is 0 Å². The first kappa shape index (κ1) is 23.1. The summed E-state index contributed by atoms with van der Waals surface area (Å²) in [5.41, 5.74) is -0.442. The number of nitrogens with zero attached hydrogens (tertiary/aromatic N) is 1. The van der Waals surface area contributed by atoms with Gasteiger partial charge in [-0.3, -0.25) is 9.55 Å². The number of rotatable bonds is 9. The van der Waals surface area contributed by atoms with Crippen LogP contribution in [0, 0.1) is 0 Å². The maximum absolute atomic E-state index is 12.8. The minimum Gasteiger partial charge on any atom is -0.480 e. The molecule has 9 nitrogen and oxygen atoms in total. The fourth-order valence-electron chi connectivity index (χ4n) is 2.13. The van der Waals surface area contributed by atoms with Crippen molar-refractivity contribution in [3.05, 3.63) is 24.0 Å². The Labute approximate surface area is 159 Å². The largest absolute Gasteiger partial charge is 0.480 e. The number of carbonyl (C=O) groups is 2. The van der Waals surface area contributed by atoms with E-state index in [1.165, 1.54) is 18.3 Å². The van der Waals surface area contributed by atoms with Crippen molar-refractivity contribution in [3.8, 4) is 0 Å². The number of aliphatic carboxylic acids is 1. The highest BCUT2D eigenvalue weighted by Gasteiger charge is 2.29. The number of ether oxygens (including phenoxy) is 1. The number of amides is 1. The van der Waals surface area contributed by atoms with E-state index < -0.39 is 31.3 Å².